The highest BCUT2D eigenvalue weighted by atomic mass is 35.5. The molecule has 0 saturated carbocycles. The quantitative estimate of drug-likeness (QED) is 0.598. The predicted octanol–water partition coefficient (Wildman–Crippen LogP) is 2.30. The number of pyridine rings is 1. The van der Waals surface area contributed by atoms with Crippen LogP contribution in [0.3, 0.4) is 0 Å². The summed E-state index contributed by atoms with van der Waals surface area (Å²) in [4.78, 5) is 15.8. The summed E-state index contributed by atoms with van der Waals surface area (Å²) in [7, 11) is 0. The van der Waals surface area contributed by atoms with Gasteiger partial charge in [0.05, 0.1) is 6.42 Å². The number of aromatic nitrogens is 1. The Morgan fingerprint density at radius 3 is 2.76 bits per heavy atom. The second-order valence-electron chi connectivity index (χ2n) is 4.14. The van der Waals surface area contributed by atoms with Crippen molar-refractivity contribution in [3.05, 3.63) is 59.4 Å². The Kier molecular flexibility index (Phi) is 5.48. The largest absolute Gasteiger partial charge is 0.331 e. The van der Waals surface area contributed by atoms with E-state index >= 15 is 0 Å². The molecule has 7 heteroatoms. The van der Waals surface area contributed by atoms with Crippen LogP contribution in [0.4, 0.5) is 5.69 Å². The first-order valence-electron chi connectivity index (χ1n) is 6.15. The Hall–Kier alpha value is -2.18. The Morgan fingerprint density at radius 2 is 2.05 bits per heavy atom. The monoisotopic (exact) mass is 320 g/mol. The average molecular weight is 321 g/mol. The minimum atomic E-state index is -0.232. The topological polar surface area (TPSA) is 66.0 Å². The van der Waals surface area contributed by atoms with E-state index in [2.05, 4.69) is 21.2 Å². The van der Waals surface area contributed by atoms with E-state index in [1.165, 1.54) is 0 Å². The van der Waals surface area contributed by atoms with Crippen LogP contribution in [0.2, 0.25) is 5.02 Å². The molecule has 2 rings (SSSR count). The molecule has 0 radical (unpaired) electrons. The summed E-state index contributed by atoms with van der Waals surface area (Å²) in [5.74, 6) is -0.232. The summed E-state index contributed by atoms with van der Waals surface area (Å²) in [5, 5.41) is 3.78. The van der Waals surface area contributed by atoms with E-state index in [0.717, 1.165) is 5.69 Å². The molecule has 0 saturated heterocycles. The van der Waals surface area contributed by atoms with Crippen LogP contribution in [-0.4, -0.2) is 16.0 Å². The number of hydrogen-bond acceptors (Lipinski definition) is 3. The lowest BCUT2D eigenvalue weighted by atomic mass is 10.3. The van der Waals surface area contributed by atoms with Gasteiger partial charge in [-0.2, -0.15) is 0 Å². The van der Waals surface area contributed by atoms with Crippen molar-refractivity contribution < 1.29 is 4.79 Å². The molecule has 1 heterocycles. The second-order valence-corrected chi connectivity index (χ2v) is 4.98. The number of hydrazine groups is 1. The Labute approximate surface area is 132 Å². The van der Waals surface area contributed by atoms with Crippen molar-refractivity contribution in [2.75, 3.05) is 5.32 Å². The first kappa shape index (κ1) is 15.2. The maximum absolute atomic E-state index is 11.7. The first-order valence-corrected chi connectivity index (χ1v) is 6.93. The van der Waals surface area contributed by atoms with Gasteiger partial charge in [0.15, 0.2) is 5.11 Å². The number of rotatable bonds is 3. The average Bonchev–Trinajstić information content (AvgIpc) is 2.46. The summed E-state index contributed by atoms with van der Waals surface area (Å²) in [6.07, 6.45) is 1.81. The van der Waals surface area contributed by atoms with Crippen LogP contribution in [0.15, 0.2) is 48.7 Å². The lowest BCUT2D eigenvalue weighted by Gasteiger charge is -2.11. The number of nitrogens with one attached hydrogen (secondary N) is 3. The van der Waals surface area contributed by atoms with Gasteiger partial charge in [-0.05, 0) is 42.5 Å². The number of anilines is 1. The highest BCUT2D eigenvalue weighted by Gasteiger charge is 2.04. The van der Waals surface area contributed by atoms with Gasteiger partial charge >= 0.3 is 0 Å². The molecule has 1 aromatic carbocycles. The van der Waals surface area contributed by atoms with E-state index < -0.39 is 0 Å². The fraction of sp³-hybridized carbons (Fsp3) is 0.0714. The molecule has 21 heavy (non-hydrogen) atoms. The lowest BCUT2D eigenvalue weighted by Crippen LogP contribution is -2.44. The van der Waals surface area contributed by atoms with E-state index in [9.17, 15) is 4.79 Å². The third-order valence-electron chi connectivity index (χ3n) is 2.47. The number of carbonyl (C=O) groups is 1. The van der Waals surface area contributed by atoms with Gasteiger partial charge in [-0.1, -0.05) is 23.7 Å². The van der Waals surface area contributed by atoms with Crippen molar-refractivity contribution >= 4 is 40.5 Å². The molecular formula is C14H13ClN4OS. The van der Waals surface area contributed by atoms with Gasteiger partial charge in [-0.3, -0.25) is 20.6 Å². The molecule has 5 nitrogen and oxygen atoms in total. The molecule has 1 amide bonds. The summed E-state index contributed by atoms with van der Waals surface area (Å²) < 4.78 is 0. The minimum absolute atomic E-state index is 0.174. The molecule has 108 valence electrons. The molecule has 0 fully saturated rings. The van der Waals surface area contributed by atoms with Crippen LogP contribution in [0.5, 0.6) is 0 Å². The van der Waals surface area contributed by atoms with Gasteiger partial charge in [0, 0.05) is 22.6 Å². The lowest BCUT2D eigenvalue weighted by molar-refractivity contribution is -0.121. The van der Waals surface area contributed by atoms with E-state index in [0.29, 0.717) is 10.7 Å². The van der Waals surface area contributed by atoms with Crippen LogP contribution in [0, 0.1) is 0 Å². The number of nitrogens with zero attached hydrogens (tertiary/aromatic N) is 1. The number of amides is 1. The van der Waals surface area contributed by atoms with E-state index in [1.54, 1.807) is 36.5 Å². The highest BCUT2D eigenvalue weighted by molar-refractivity contribution is 7.80. The van der Waals surface area contributed by atoms with Gasteiger partial charge in [0.2, 0.25) is 5.91 Å². The molecule has 0 atom stereocenters. The normalized spacial score (nSPS) is 9.76. The van der Waals surface area contributed by atoms with Crippen LogP contribution >= 0.6 is 23.8 Å². The van der Waals surface area contributed by atoms with Gasteiger partial charge < -0.3 is 5.32 Å². The van der Waals surface area contributed by atoms with Crippen molar-refractivity contribution in [2.24, 2.45) is 0 Å². The highest BCUT2D eigenvalue weighted by Crippen LogP contribution is 2.14. The Morgan fingerprint density at radius 1 is 1.19 bits per heavy atom. The zero-order valence-corrected chi connectivity index (χ0v) is 12.5. The molecule has 0 aliphatic heterocycles. The third kappa shape index (κ3) is 5.37. The van der Waals surface area contributed by atoms with Crippen molar-refractivity contribution in [3.63, 3.8) is 0 Å². The molecule has 3 N–H and O–H groups in total. The number of thiocarbonyl (C=S) groups is 1. The predicted molar refractivity (Wildman–Crippen MR) is 86.9 cm³/mol. The van der Waals surface area contributed by atoms with Crippen LogP contribution in [-0.2, 0) is 11.2 Å². The van der Waals surface area contributed by atoms with E-state index in [4.69, 9.17) is 23.8 Å². The molecule has 0 aliphatic carbocycles. The van der Waals surface area contributed by atoms with Crippen molar-refractivity contribution in [1.82, 2.24) is 15.8 Å². The zero-order valence-electron chi connectivity index (χ0n) is 11.0. The maximum Gasteiger partial charge on any atom is 0.244 e. The molecule has 0 bridgehead atoms. The molecule has 1 aromatic heterocycles. The van der Waals surface area contributed by atoms with Gasteiger partial charge in [-0.15, -0.1) is 0 Å². The second kappa shape index (κ2) is 7.56. The van der Waals surface area contributed by atoms with E-state index in [1.807, 2.05) is 12.1 Å². The van der Waals surface area contributed by atoms with Crippen LogP contribution in [0.25, 0.3) is 0 Å². The molecule has 0 unspecified atom stereocenters. The van der Waals surface area contributed by atoms with Crippen molar-refractivity contribution in [1.29, 1.82) is 0 Å². The van der Waals surface area contributed by atoms with Gasteiger partial charge in [0.25, 0.3) is 0 Å². The Bertz CT molecular complexity index is 636. The number of halogens is 1. The summed E-state index contributed by atoms with van der Waals surface area (Å²) in [5.41, 5.74) is 6.54. The van der Waals surface area contributed by atoms with Crippen molar-refractivity contribution in [2.45, 2.75) is 6.42 Å². The molecule has 2 aromatic rings. The maximum atomic E-state index is 11.7. The zero-order chi connectivity index (χ0) is 15.1. The standard InChI is InChI=1S/C14H13ClN4OS/c15-10-4-3-6-12(8-10)17-14(21)19-18-13(20)9-11-5-1-2-7-16-11/h1-8H,9H2,(H,18,20)(H2,17,19,21). The number of benzene rings is 1. The molecule has 0 aliphatic rings. The number of hydrogen-bond donors (Lipinski definition) is 3. The SMILES string of the molecule is O=C(Cc1ccccn1)NNC(=S)Nc1cccc(Cl)c1. The van der Waals surface area contributed by atoms with Crippen molar-refractivity contribution in [3.8, 4) is 0 Å². The molecule has 0 spiro atoms. The smallest absolute Gasteiger partial charge is 0.244 e. The van der Waals surface area contributed by atoms with Gasteiger partial charge in [-0.25, -0.2) is 0 Å². The summed E-state index contributed by atoms with van der Waals surface area (Å²) in [6, 6.07) is 12.5. The van der Waals surface area contributed by atoms with Crippen LogP contribution in [0.1, 0.15) is 5.69 Å². The fourth-order valence-electron chi connectivity index (χ4n) is 1.57. The minimum Gasteiger partial charge on any atom is -0.331 e. The summed E-state index contributed by atoms with van der Waals surface area (Å²) in [6.45, 7) is 0. The fourth-order valence-corrected chi connectivity index (χ4v) is 1.93. The third-order valence-corrected chi connectivity index (χ3v) is 2.90. The number of carbonyl (C=O) groups excluding carboxylic acids is 1. The molecular weight excluding hydrogens is 308 g/mol. The first-order chi connectivity index (χ1) is 10.1. The van der Waals surface area contributed by atoms with E-state index in [-0.39, 0.29) is 17.4 Å². The van der Waals surface area contributed by atoms with Crippen LogP contribution < -0.4 is 16.2 Å². The Balaban J connectivity index is 1.77. The van der Waals surface area contributed by atoms with Gasteiger partial charge in [0.1, 0.15) is 0 Å². The summed E-state index contributed by atoms with van der Waals surface area (Å²) >= 11 is 10.9.